The minimum Gasteiger partial charge on any atom is -0.396 e. The second kappa shape index (κ2) is 8.04. The van der Waals surface area contributed by atoms with Gasteiger partial charge in [0.15, 0.2) is 0 Å². The van der Waals surface area contributed by atoms with E-state index < -0.39 is 0 Å². The first-order chi connectivity index (χ1) is 11.2. The molecular formula is C19H27FN2O. The summed E-state index contributed by atoms with van der Waals surface area (Å²) in [7, 11) is 0. The number of likely N-dealkylation sites (tertiary alicyclic amines) is 1. The zero-order valence-corrected chi connectivity index (χ0v) is 13.6. The Morgan fingerprint density at radius 3 is 2.52 bits per heavy atom. The van der Waals surface area contributed by atoms with Gasteiger partial charge in [-0.1, -0.05) is 24.3 Å². The van der Waals surface area contributed by atoms with Gasteiger partial charge in [0, 0.05) is 31.2 Å². The van der Waals surface area contributed by atoms with Gasteiger partial charge in [0.25, 0.3) is 0 Å². The molecule has 0 unspecified atom stereocenters. The van der Waals surface area contributed by atoms with E-state index in [2.05, 4.69) is 22.4 Å². The maximum Gasteiger partial charge on any atom is 0.123 e. The molecule has 1 aliphatic carbocycles. The normalized spacial score (nSPS) is 26.0. The summed E-state index contributed by atoms with van der Waals surface area (Å²) in [6.45, 7) is 3.56. The SMILES string of the molecule is OC[C@H]1C=C[C@@H](NC2CCN(CCc3ccc(F)cc3)CC2)C1. The topological polar surface area (TPSA) is 35.5 Å². The number of nitrogens with one attached hydrogen (secondary N) is 1. The molecule has 1 aliphatic heterocycles. The molecule has 4 heteroatoms. The first-order valence-corrected chi connectivity index (χ1v) is 8.75. The van der Waals surface area contributed by atoms with Crippen LogP contribution in [0.3, 0.4) is 0 Å². The molecule has 0 radical (unpaired) electrons. The fraction of sp³-hybridized carbons (Fsp3) is 0.579. The molecule has 1 aromatic rings. The Balaban J connectivity index is 1.35. The maximum atomic E-state index is 12.9. The molecule has 2 atom stereocenters. The van der Waals surface area contributed by atoms with Crippen molar-refractivity contribution in [1.82, 2.24) is 10.2 Å². The number of benzene rings is 1. The zero-order chi connectivity index (χ0) is 16.1. The van der Waals surface area contributed by atoms with Crippen molar-refractivity contribution < 1.29 is 9.50 Å². The van der Waals surface area contributed by atoms with E-state index in [9.17, 15) is 9.50 Å². The van der Waals surface area contributed by atoms with Gasteiger partial charge in [-0.05, 0) is 56.5 Å². The molecule has 126 valence electrons. The summed E-state index contributed by atoms with van der Waals surface area (Å²) in [5.41, 5.74) is 1.21. The second-order valence-electron chi connectivity index (χ2n) is 6.83. The fourth-order valence-electron chi connectivity index (χ4n) is 3.60. The number of rotatable bonds is 6. The van der Waals surface area contributed by atoms with Crippen LogP contribution in [0.15, 0.2) is 36.4 Å². The highest BCUT2D eigenvalue weighted by atomic mass is 19.1. The lowest BCUT2D eigenvalue weighted by Crippen LogP contribution is -2.45. The van der Waals surface area contributed by atoms with Crippen LogP contribution in [0.5, 0.6) is 0 Å². The van der Waals surface area contributed by atoms with Gasteiger partial charge in [0.2, 0.25) is 0 Å². The molecule has 0 aromatic heterocycles. The zero-order valence-electron chi connectivity index (χ0n) is 13.6. The van der Waals surface area contributed by atoms with Gasteiger partial charge in [0.1, 0.15) is 5.82 Å². The van der Waals surface area contributed by atoms with E-state index in [4.69, 9.17) is 0 Å². The molecule has 2 aliphatic rings. The van der Waals surface area contributed by atoms with Crippen molar-refractivity contribution in [2.24, 2.45) is 5.92 Å². The van der Waals surface area contributed by atoms with Crippen molar-refractivity contribution in [3.8, 4) is 0 Å². The largest absolute Gasteiger partial charge is 0.396 e. The number of hydrogen-bond donors (Lipinski definition) is 2. The number of halogens is 1. The van der Waals surface area contributed by atoms with E-state index in [-0.39, 0.29) is 12.4 Å². The average molecular weight is 318 g/mol. The summed E-state index contributed by atoms with van der Waals surface area (Å²) in [5.74, 6) is 0.174. The van der Waals surface area contributed by atoms with Gasteiger partial charge >= 0.3 is 0 Å². The Hall–Kier alpha value is -1.23. The van der Waals surface area contributed by atoms with Crippen molar-refractivity contribution in [3.63, 3.8) is 0 Å². The van der Waals surface area contributed by atoms with Crippen LogP contribution in [0.25, 0.3) is 0 Å². The lowest BCUT2D eigenvalue weighted by atomic mass is 10.0. The Kier molecular flexibility index (Phi) is 5.81. The first kappa shape index (κ1) is 16.6. The van der Waals surface area contributed by atoms with Crippen molar-refractivity contribution in [2.45, 2.75) is 37.8 Å². The Labute approximate surface area is 138 Å². The third kappa shape index (κ3) is 4.87. The third-order valence-electron chi connectivity index (χ3n) is 5.07. The van der Waals surface area contributed by atoms with Crippen LogP contribution in [0, 0.1) is 11.7 Å². The number of aliphatic hydroxyl groups excluding tert-OH is 1. The Bertz CT molecular complexity index is 509. The molecule has 0 amide bonds. The number of nitrogens with zero attached hydrogens (tertiary/aromatic N) is 1. The number of hydrogen-bond acceptors (Lipinski definition) is 3. The summed E-state index contributed by atoms with van der Waals surface area (Å²) >= 11 is 0. The van der Waals surface area contributed by atoms with Crippen LogP contribution < -0.4 is 5.32 Å². The van der Waals surface area contributed by atoms with Crippen LogP contribution in [0.2, 0.25) is 0 Å². The highest BCUT2D eigenvalue weighted by molar-refractivity contribution is 5.16. The molecule has 0 spiro atoms. The van der Waals surface area contributed by atoms with Crippen LogP contribution in [-0.4, -0.2) is 48.3 Å². The van der Waals surface area contributed by atoms with Crippen molar-refractivity contribution in [2.75, 3.05) is 26.2 Å². The number of aliphatic hydroxyl groups is 1. The van der Waals surface area contributed by atoms with Gasteiger partial charge < -0.3 is 15.3 Å². The monoisotopic (exact) mass is 318 g/mol. The predicted molar refractivity (Wildman–Crippen MR) is 90.8 cm³/mol. The van der Waals surface area contributed by atoms with Gasteiger partial charge in [-0.3, -0.25) is 0 Å². The van der Waals surface area contributed by atoms with E-state index in [0.717, 1.165) is 32.5 Å². The van der Waals surface area contributed by atoms with E-state index >= 15 is 0 Å². The lowest BCUT2D eigenvalue weighted by molar-refractivity contribution is 0.192. The van der Waals surface area contributed by atoms with Crippen molar-refractivity contribution in [1.29, 1.82) is 0 Å². The molecule has 3 rings (SSSR count). The molecule has 0 bridgehead atoms. The van der Waals surface area contributed by atoms with Crippen LogP contribution in [0.4, 0.5) is 4.39 Å². The van der Waals surface area contributed by atoms with Gasteiger partial charge in [-0.2, -0.15) is 0 Å². The second-order valence-corrected chi connectivity index (χ2v) is 6.83. The van der Waals surface area contributed by atoms with Gasteiger partial charge in [-0.25, -0.2) is 4.39 Å². The van der Waals surface area contributed by atoms with E-state index in [1.807, 2.05) is 12.1 Å². The highest BCUT2D eigenvalue weighted by Gasteiger charge is 2.24. The Morgan fingerprint density at radius 2 is 1.87 bits per heavy atom. The van der Waals surface area contributed by atoms with Gasteiger partial charge in [-0.15, -0.1) is 0 Å². The minimum absolute atomic E-state index is 0.162. The summed E-state index contributed by atoms with van der Waals surface area (Å²) in [4.78, 5) is 2.50. The molecule has 1 saturated heterocycles. The van der Waals surface area contributed by atoms with Crippen LogP contribution in [0.1, 0.15) is 24.8 Å². The van der Waals surface area contributed by atoms with Crippen LogP contribution in [-0.2, 0) is 6.42 Å². The van der Waals surface area contributed by atoms with Crippen molar-refractivity contribution in [3.05, 3.63) is 47.8 Å². The summed E-state index contributed by atoms with van der Waals surface area (Å²) in [6.07, 6.45) is 8.72. The molecule has 2 N–H and O–H groups in total. The molecule has 3 nitrogen and oxygen atoms in total. The minimum atomic E-state index is -0.162. The lowest BCUT2D eigenvalue weighted by Gasteiger charge is -2.33. The van der Waals surface area contributed by atoms with E-state index in [1.54, 1.807) is 12.1 Å². The summed E-state index contributed by atoms with van der Waals surface area (Å²) < 4.78 is 12.9. The smallest absolute Gasteiger partial charge is 0.123 e. The van der Waals surface area contributed by atoms with Gasteiger partial charge in [0.05, 0.1) is 0 Å². The summed E-state index contributed by atoms with van der Waals surface area (Å²) in [5, 5.41) is 12.9. The molecule has 1 aromatic carbocycles. The maximum absolute atomic E-state index is 12.9. The number of piperidine rings is 1. The molecular weight excluding hydrogens is 291 g/mol. The quantitative estimate of drug-likeness (QED) is 0.791. The standard InChI is InChI=1S/C19H27FN2O/c20-17-4-1-15(2-5-17)7-10-22-11-8-18(9-12-22)21-19-6-3-16(13-19)14-23/h1-6,16,18-19,21,23H,7-14H2/t16-,19+/m0/s1. The Morgan fingerprint density at radius 1 is 1.13 bits per heavy atom. The molecule has 1 heterocycles. The van der Waals surface area contributed by atoms with Crippen molar-refractivity contribution >= 4 is 0 Å². The third-order valence-corrected chi connectivity index (χ3v) is 5.07. The average Bonchev–Trinajstić information content (AvgIpc) is 3.03. The molecule has 1 fully saturated rings. The molecule has 0 saturated carbocycles. The van der Waals surface area contributed by atoms with Crippen LogP contribution >= 0.6 is 0 Å². The van der Waals surface area contributed by atoms with E-state index in [0.29, 0.717) is 18.0 Å². The summed E-state index contributed by atoms with van der Waals surface area (Å²) in [6, 6.07) is 7.87. The highest BCUT2D eigenvalue weighted by Crippen LogP contribution is 2.20. The molecule has 23 heavy (non-hydrogen) atoms. The predicted octanol–water partition coefficient (Wildman–Crippen LogP) is 2.36. The van der Waals surface area contributed by atoms with E-state index in [1.165, 1.54) is 18.4 Å². The first-order valence-electron chi connectivity index (χ1n) is 8.75. The fourth-order valence-corrected chi connectivity index (χ4v) is 3.60.